The van der Waals surface area contributed by atoms with Gasteiger partial charge in [0.15, 0.2) is 0 Å². The number of nitrogen functional groups attached to an aromatic ring is 1. The molecule has 0 unspecified atom stereocenters. The molecule has 4 nitrogen and oxygen atoms in total. The Morgan fingerprint density at radius 3 is 2.64 bits per heavy atom. The van der Waals surface area contributed by atoms with Crippen LogP contribution in [0.4, 0.5) is 16.2 Å². The first-order valence-corrected chi connectivity index (χ1v) is 7.45. The molecule has 0 saturated carbocycles. The molecule has 0 heterocycles. The topological polar surface area (TPSA) is 67.1 Å². The van der Waals surface area contributed by atoms with E-state index in [-0.39, 0.29) is 6.03 Å². The molecule has 22 heavy (non-hydrogen) atoms. The van der Waals surface area contributed by atoms with Crippen LogP contribution in [0.15, 0.2) is 42.5 Å². The molecule has 2 aromatic carbocycles. The van der Waals surface area contributed by atoms with E-state index in [2.05, 4.69) is 30.5 Å². The number of urea groups is 1. The Kier molecular flexibility index (Phi) is 5.04. The van der Waals surface area contributed by atoms with Crippen molar-refractivity contribution in [2.24, 2.45) is 0 Å². The summed E-state index contributed by atoms with van der Waals surface area (Å²) in [6.45, 7) is 6.68. The summed E-state index contributed by atoms with van der Waals surface area (Å²) in [4.78, 5) is 12.0. The van der Waals surface area contributed by atoms with Crippen LogP contribution in [0, 0.1) is 6.92 Å². The second-order valence-electron chi connectivity index (χ2n) is 5.84. The lowest BCUT2D eigenvalue weighted by Crippen LogP contribution is -2.28. The van der Waals surface area contributed by atoms with Crippen LogP contribution in [0.1, 0.15) is 36.5 Å². The first kappa shape index (κ1) is 15.9. The molecule has 0 atom stereocenters. The van der Waals surface area contributed by atoms with E-state index in [4.69, 9.17) is 5.73 Å². The van der Waals surface area contributed by atoms with E-state index in [0.29, 0.717) is 18.2 Å². The van der Waals surface area contributed by atoms with Crippen molar-refractivity contribution >= 4 is 17.4 Å². The smallest absolute Gasteiger partial charge is 0.319 e. The van der Waals surface area contributed by atoms with Gasteiger partial charge in [-0.05, 0) is 53.8 Å². The molecule has 0 aliphatic heterocycles. The van der Waals surface area contributed by atoms with Gasteiger partial charge in [0, 0.05) is 17.9 Å². The Hall–Kier alpha value is -2.49. The zero-order valence-corrected chi connectivity index (χ0v) is 13.3. The lowest BCUT2D eigenvalue weighted by molar-refractivity contribution is 0.251. The molecule has 116 valence electrons. The van der Waals surface area contributed by atoms with Crippen molar-refractivity contribution < 1.29 is 4.79 Å². The third kappa shape index (κ3) is 4.52. The molecule has 0 fully saturated rings. The molecule has 2 rings (SSSR count). The van der Waals surface area contributed by atoms with E-state index < -0.39 is 0 Å². The van der Waals surface area contributed by atoms with Crippen LogP contribution in [0.5, 0.6) is 0 Å². The Morgan fingerprint density at radius 2 is 1.95 bits per heavy atom. The zero-order chi connectivity index (χ0) is 16.1. The number of hydrogen-bond donors (Lipinski definition) is 3. The Balaban J connectivity index is 1.94. The van der Waals surface area contributed by atoms with Gasteiger partial charge in [-0.15, -0.1) is 0 Å². The quantitative estimate of drug-likeness (QED) is 0.746. The Labute approximate surface area is 131 Å². The standard InChI is InChI=1S/C18H23N3O/c1-12(2)15-5-4-6-17(10-15)21-18(22)20-11-14-7-13(3)8-16(19)9-14/h4-10,12H,11,19H2,1-3H3,(H2,20,21,22). The van der Waals surface area contributed by atoms with Gasteiger partial charge in [0.25, 0.3) is 0 Å². The number of hydrogen-bond acceptors (Lipinski definition) is 2. The molecular weight excluding hydrogens is 274 g/mol. The van der Waals surface area contributed by atoms with Gasteiger partial charge in [-0.1, -0.05) is 32.0 Å². The van der Waals surface area contributed by atoms with Crippen LogP contribution in [0.3, 0.4) is 0 Å². The first-order valence-electron chi connectivity index (χ1n) is 7.45. The maximum absolute atomic E-state index is 12.0. The average molecular weight is 297 g/mol. The highest BCUT2D eigenvalue weighted by molar-refractivity contribution is 5.89. The second kappa shape index (κ2) is 6.98. The molecule has 2 aromatic rings. The fourth-order valence-electron chi connectivity index (χ4n) is 2.33. The highest BCUT2D eigenvalue weighted by Gasteiger charge is 2.05. The van der Waals surface area contributed by atoms with Crippen LogP contribution in [0.25, 0.3) is 0 Å². The predicted molar refractivity (Wildman–Crippen MR) is 92.0 cm³/mol. The maximum atomic E-state index is 12.0. The number of carbonyl (C=O) groups is 1. The van der Waals surface area contributed by atoms with Crippen molar-refractivity contribution in [3.63, 3.8) is 0 Å². The van der Waals surface area contributed by atoms with Crippen molar-refractivity contribution in [2.75, 3.05) is 11.1 Å². The largest absolute Gasteiger partial charge is 0.399 e. The van der Waals surface area contributed by atoms with E-state index in [9.17, 15) is 4.79 Å². The number of amides is 2. The Morgan fingerprint density at radius 1 is 1.18 bits per heavy atom. The summed E-state index contributed by atoms with van der Waals surface area (Å²) in [6, 6.07) is 13.4. The monoisotopic (exact) mass is 297 g/mol. The van der Waals surface area contributed by atoms with Crippen LogP contribution in [0.2, 0.25) is 0 Å². The van der Waals surface area contributed by atoms with Gasteiger partial charge in [-0.2, -0.15) is 0 Å². The molecule has 4 heteroatoms. The molecule has 0 aliphatic rings. The van der Waals surface area contributed by atoms with Gasteiger partial charge < -0.3 is 16.4 Å². The van der Waals surface area contributed by atoms with Crippen LogP contribution < -0.4 is 16.4 Å². The van der Waals surface area contributed by atoms with Gasteiger partial charge in [-0.3, -0.25) is 0 Å². The molecule has 0 aliphatic carbocycles. The van der Waals surface area contributed by atoms with Gasteiger partial charge in [0.2, 0.25) is 0 Å². The third-order valence-corrected chi connectivity index (χ3v) is 3.42. The molecule has 4 N–H and O–H groups in total. The number of aryl methyl sites for hydroxylation is 1. The summed E-state index contributed by atoms with van der Waals surface area (Å²) in [7, 11) is 0. The van der Waals surface area contributed by atoms with Crippen LogP contribution in [-0.2, 0) is 6.54 Å². The number of carbonyl (C=O) groups excluding carboxylic acids is 1. The van der Waals surface area contributed by atoms with Gasteiger partial charge in [0.05, 0.1) is 0 Å². The summed E-state index contributed by atoms with van der Waals surface area (Å²) in [5.74, 6) is 0.431. The SMILES string of the molecule is Cc1cc(N)cc(CNC(=O)Nc2cccc(C(C)C)c2)c1. The zero-order valence-electron chi connectivity index (χ0n) is 13.3. The van der Waals surface area contributed by atoms with Gasteiger partial charge in [0.1, 0.15) is 0 Å². The summed E-state index contributed by atoms with van der Waals surface area (Å²) < 4.78 is 0. The van der Waals surface area contributed by atoms with E-state index in [1.807, 2.05) is 43.3 Å². The van der Waals surface area contributed by atoms with Crippen molar-refractivity contribution in [3.05, 3.63) is 59.2 Å². The van der Waals surface area contributed by atoms with Crippen molar-refractivity contribution in [3.8, 4) is 0 Å². The van der Waals surface area contributed by atoms with Crippen LogP contribution in [-0.4, -0.2) is 6.03 Å². The molecule has 0 radical (unpaired) electrons. The lowest BCUT2D eigenvalue weighted by atomic mass is 10.0. The van der Waals surface area contributed by atoms with Gasteiger partial charge in [-0.25, -0.2) is 4.79 Å². The minimum atomic E-state index is -0.221. The van der Waals surface area contributed by atoms with Crippen molar-refractivity contribution in [1.29, 1.82) is 0 Å². The normalized spacial score (nSPS) is 10.5. The fraction of sp³-hybridized carbons (Fsp3) is 0.278. The fourth-order valence-corrected chi connectivity index (χ4v) is 2.33. The first-order chi connectivity index (χ1) is 10.4. The highest BCUT2D eigenvalue weighted by atomic mass is 16.2. The maximum Gasteiger partial charge on any atom is 0.319 e. The number of nitrogens with one attached hydrogen (secondary N) is 2. The summed E-state index contributed by atoms with van der Waals surface area (Å²) in [5.41, 5.74) is 10.6. The van der Waals surface area contributed by atoms with Crippen molar-refractivity contribution in [2.45, 2.75) is 33.2 Å². The molecule has 0 bridgehead atoms. The lowest BCUT2D eigenvalue weighted by Gasteiger charge is -2.11. The van der Waals surface area contributed by atoms with E-state index in [0.717, 1.165) is 16.8 Å². The van der Waals surface area contributed by atoms with E-state index in [1.165, 1.54) is 5.56 Å². The molecule has 0 spiro atoms. The van der Waals surface area contributed by atoms with Crippen LogP contribution >= 0.6 is 0 Å². The minimum Gasteiger partial charge on any atom is -0.399 e. The van der Waals surface area contributed by atoms with E-state index >= 15 is 0 Å². The number of rotatable bonds is 4. The average Bonchev–Trinajstić information content (AvgIpc) is 2.44. The number of anilines is 2. The number of benzene rings is 2. The summed E-state index contributed by atoms with van der Waals surface area (Å²) >= 11 is 0. The highest BCUT2D eigenvalue weighted by Crippen LogP contribution is 2.18. The van der Waals surface area contributed by atoms with Gasteiger partial charge >= 0.3 is 6.03 Å². The molecule has 2 amide bonds. The molecular formula is C18H23N3O. The predicted octanol–water partition coefficient (Wildman–Crippen LogP) is 4.02. The summed E-state index contributed by atoms with van der Waals surface area (Å²) in [5, 5.41) is 5.70. The molecule has 0 aromatic heterocycles. The molecule has 0 saturated heterocycles. The Bertz CT molecular complexity index is 645. The van der Waals surface area contributed by atoms with E-state index in [1.54, 1.807) is 0 Å². The third-order valence-electron chi connectivity index (χ3n) is 3.42. The number of nitrogens with two attached hydrogens (primary N) is 1. The van der Waals surface area contributed by atoms with Crippen molar-refractivity contribution in [1.82, 2.24) is 5.32 Å². The second-order valence-corrected chi connectivity index (χ2v) is 5.84. The minimum absolute atomic E-state index is 0.221. The summed E-state index contributed by atoms with van der Waals surface area (Å²) in [6.07, 6.45) is 0.